The lowest BCUT2D eigenvalue weighted by molar-refractivity contribution is 0.314. The lowest BCUT2D eigenvalue weighted by atomic mass is 10.3. The summed E-state index contributed by atoms with van der Waals surface area (Å²) >= 11 is 1.20. The molecule has 1 rings (SSSR count). The Bertz CT molecular complexity index is 454. The molecular weight excluding hydrogens is 258 g/mol. The highest BCUT2D eigenvalue weighted by Gasteiger charge is 2.17. The molecule has 0 saturated heterocycles. The normalized spacial score (nSPS) is 14.2. The van der Waals surface area contributed by atoms with Crippen LogP contribution in [0.3, 0.4) is 0 Å². The fourth-order valence-electron chi connectivity index (χ4n) is 1.09. The summed E-state index contributed by atoms with van der Waals surface area (Å²) in [6.45, 7) is 2.72. The molecule has 7 heteroatoms. The van der Waals surface area contributed by atoms with Crippen LogP contribution < -0.4 is 10.5 Å². The maximum atomic E-state index is 11.9. The number of thiophene rings is 1. The molecule has 0 aliphatic rings. The van der Waals surface area contributed by atoms with Gasteiger partial charge >= 0.3 is 0 Å². The molecule has 0 radical (unpaired) electrons. The number of nitrogens with zero attached hydrogens (tertiary/aromatic N) is 1. The van der Waals surface area contributed by atoms with E-state index in [0.717, 1.165) is 5.56 Å². The van der Waals surface area contributed by atoms with Crippen molar-refractivity contribution in [1.29, 1.82) is 0 Å². The molecule has 17 heavy (non-hydrogen) atoms. The number of hydrogen-bond acceptors (Lipinski definition) is 5. The molecule has 3 N–H and O–H groups in total. The van der Waals surface area contributed by atoms with E-state index in [4.69, 9.17) is 5.73 Å². The number of nitrogens with one attached hydrogen (secondary N) is 1. The van der Waals surface area contributed by atoms with Gasteiger partial charge in [-0.1, -0.05) is 0 Å². The van der Waals surface area contributed by atoms with E-state index in [1.54, 1.807) is 11.4 Å². The van der Waals surface area contributed by atoms with E-state index in [-0.39, 0.29) is 6.04 Å². The highest BCUT2D eigenvalue weighted by molar-refractivity contribution is 7.91. The highest BCUT2D eigenvalue weighted by Crippen LogP contribution is 2.19. The first kappa shape index (κ1) is 14.6. The Morgan fingerprint density at radius 1 is 1.53 bits per heavy atom. The Morgan fingerprint density at radius 3 is 2.65 bits per heavy atom. The van der Waals surface area contributed by atoms with Crippen LogP contribution in [0.25, 0.3) is 0 Å². The van der Waals surface area contributed by atoms with Crippen LogP contribution in [0.5, 0.6) is 0 Å². The zero-order chi connectivity index (χ0) is 13.1. The van der Waals surface area contributed by atoms with E-state index >= 15 is 0 Å². The van der Waals surface area contributed by atoms with E-state index < -0.39 is 10.0 Å². The smallest absolute Gasteiger partial charge is 0.250 e. The van der Waals surface area contributed by atoms with Crippen LogP contribution in [0.4, 0.5) is 0 Å². The van der Waals surface area contributed by atoms with Crippen LogP contribution in [0, 0.1) is 0 Å². The summed E-state index contributed by atoms with van der Waals surface area (Å²) in [5, 5.41) is 1.77. The molecule has 1 aromatic heterocycles. The van der Waals surface area contributed by atoms with Crippen LogP contribution in [-0.2, 0) is 16.6 Å². The topological polar surface area (TPSA) is 75.4 Å². The summed E-state index contributed by atoms with van der Waals surface area (Å²) in [6, 6.07) is 1.77. The summed E-state index contributed by atoms with van der Waals surface area (Å²) in [5.41, 5.74) is 6.30. The molecule has 0 aliphatic heterocycles. The zero-order valence-electron chi connectivity index (χ0n) is 10.3. The predicted octanol–water partition coefficient (Wildman–Crippen LogP) is 0.435. The first-order valence-electron chi connectivity index (χ1n) is 5.30. The maximum absolute atomic E-state index is 11.9. The first-order chi connectivity index (χ1) is 7.86. The van der Waals surface area contributed by atoms with E-state index in [9.17, 15) is 8.42 Å². The van der Waals surface area contributed by atoms with Gasteiger partial charge in [-0.2, -0.15) is 0 Å². The number of sulfonamides is 1. The maximum Gasteiger partial charge on any atom is 0.250 e. The molecular formula is C10H19N3O2S2. The molecule has 0 bridgehead atoms. The Balaban J connectivity index is 2.69. The minimum atomic E-state index is -3.39. The second kappa shape index (κ2) is 5.92. The summed E-state index contributed by atoms with van der Waals surface area (Å²) in [4.78, 5) is 1.96. The van der Waals surface area contributed by atoms with Gasteiger partial charge in [0.25, 0.3) is 0 Å². The Morgan fingerprint density at radius 2 is 2.18 bits per heavy atom. The fourth-order valence-corrected chi connectivity index (χ4v) is 3.47. The molecule has 1 heterocycles. The van der Waals surface area contributed by atoms with Gasteiger partial charge in [-0.05, 0) is 38.0 Å². The van der Waals surface area contributed by atoms with Crippen LogP contribution >= 0.6 is 11.3 Å². The molecule has 1 atom stereocenters. The minimum Gasteiger partial charge on any atom is -0.326 e. The molecule has 0 aromatic carbocycles. The molecule has 1 unspecified atom stereocenters. The predicted molar refractivity (Wildman–Crippen MR) is 70.5 cm³/mol. The van der Waals surface area contributed by atoms with Crippen molar-refractivity contribution in [2.75, 3.05) is 20.6 Å². The third-order valence-corrected chi connectivity index (χ3v) is 5.49. The molecule has 1 aromatic rings. The number of rotatable bonds is 6. The number of hydrogen-bond donors (Lipinski definition) is 2. The molecule has 0 amide bonds. The average molecular weight is 277 g/mol. The Labute approximate surface area is 107 Å². The number of likely N-dealkylation sites (N-methyl/N-ethyl adjacent to an activating group) is 1. The second-order valence-corrected chi connectivity index (χ2v) is 7.05. The van der Waals surface area contributed by atoms with Crippen molar-refractivity contribution < 1.29 is 8.42 Å². The van der Waals surface area contributed by atoms with Crippen molar-refractivity contribution in [2.24, 2.45) is 5.73 Å². The summed E-state index contributed by atoms with van der Waals surface area (Å²) in [6.07, 6.45) is 0. The molecule has 0 fully saturated rings. The average Bonchev–Trinajstić information content (AvgIpc) is 2.75. The Hall–Kier alpha value is -0.470. The Kier molecular flexibility index (Phi) is 5.08. The second-order valence-electron chi connectivity index (χ2n) is 4.14. The van der Waals surface area contributed by atoms with Gasteiger partial charge in [0.1, 0.15) is 4.21 Å². The van der Waals surface area contributed by atoms with Crippen molar-refractivity contribution >= 4 is 21.4 Å². The zero-order valence-corrected chi connectivity index (χ0v) is 11.9. The van der Waals surface area contributed by atoms with Crippen LogP contribution in [0.1, 0.15) is 12.5 Å². The van der Waals surface area contributed by atoms with E-state index in [2.05, 4.69) is 4.72 Å². The fraction of sp³-hybridized carbons (Fsp3) is 0.600. The third-order valence-electron chi connectivity index (χ3n) is 2.58. The first-order valence-corrected chi connectivity index (χ1v) is 7.66. The van der Waals surface area contributed by atoms with Gasteiger partial charge in [-0.15, -0.1) is 11.3 Å². The molecule has 5 nitrogen and oxygen atoms in total. The summed E-state index contributed by atoms with van der Waals surface area (Å²) in [5.74, 6) is 0. The summed E-state index contributed by atoms with van der Waals surface area (Å²) < 4.78 is 26.8. The van der Waals surface area contributed by atoms with Gasteiger partial charge in [0.05, 0.1) is 0 Å². The van der Waals surface area contributed by atoms with Crippen molar-refractivity contribution in [3.8, 4) is 0 Å². The van der Waals surface area contributed by atoms with E-state index in [0.29, 0.717) is 17.3 Å². The highest BCUT2D eigenvalue weighted by atomic mass is 32.2. The molecule has 0 saturated carbocycles. The molecule has 98 valence electrons. The monoisotopic (exact) mass is 277 g/mol. The van der Waals surface area contributed by atoms with Gasteiger partial charge in [0.2, 0.25) is 10.0 Å². The largest absolute Gasteiger partial charge is 0.326 e. The van der Waals surface area contributed by atoms with Gasteiger partial charge < -0.3 is 10.6 Å². The van der Waals surface area contributed by atoms with Gasteiger partial charge in [0.15, 0.2) is 0 Å². The lowest BCUT2D eigenvalue weighted by Crippen LogP contribution is -2.37. The van der Waals surface area contributed by atoms with Crippen LogP contribution in [0.15, 0.2) is 15.7 Å². The lowest BCUT2D eigenvalue weighted by Gasteiger charge is -2.19. The van der Waals surface area contributed by atoms with Crippen LogP contribution in [-0.4, -0.2) is 40.0 Å². The van der Waals surface area contributed by atoms with Gasteiger partial charge in [0, 0.05) is 19.1 Å². The van der Waals surface area contributed by atoms with Crippen molar-refractivity contribution in [1.82, 2.24) is 9.62 Å². The number of nitrogens with two attached hydrogens (primary N) is 1. The van der Waals surface area contributed by atoms with Crippen molar-refractivity contribution in [3.63, 3.8) is 0 Å². The molecule has 0 spiro atoms. The quantitative estimate of drug-likeness (QED) is 0.791. The van der Waals surface area contributed by atoms with Crippen LogP contribution in [0.2, 0.25) is 0 Å². The van der Waals surface area contributed by atoms with Crippen molar-refractivity contribution in [2.45, 2.75) is 23.7 Å². The van der Waals surface area contributed by atoms with Gasteiger partial charge in [-0.3, -0.25) is 0 Å². The van der Waals surface area contributed by atoms with Crippen molar-refractivity contribution in [3.05, 3.63) is 17.0 Å². The summed E-state index contributed by atoms with van der Waals surface area (Å²) in [7, 11) is 0.435. The van der Waals surface area contributed by atoms with E-state index in [1.807, 2.05) is 25.9 Å². The van der Waals surface area contributed by atoms with Gasteiger partial charge in [-0.25, -0.2) is 13.1 Å². The molecule has 0 aliphatic carbocycles. The SMILES string of the molecule is CC(CNS(=O)(=O)c1cc(CN)cs1)N(C)C. The third kappa shape index (κ3) is 4.04. The standard InChI is InChI=1S/C10H19N3O2S2/c1-8(13(2)3)6-12-17(14,15)10-4-9(5-11)7-16-10/h4,7-8,12H,5-6,11H2,1-3H3. The minimum absolute atomic E-state index is 0.152. The van der Waals surface area contributed by atoms with E-state index in [1.165, 1.54) is 11.3 Å².